The molecule has 0 amide bonds. The molecule has 2 heteroatoms. The van der Waals surface area contributed by atoms with Crippen molar-refractivity contribution >= 4 is 11.6 Å². The third kappa shape index (κ3) is 3.49. The highest BCUT2D eigenvalue weighted by atomic mass is 35.5. The molecule has 1 aromatic carbocycles. The van der Waals surface area contributed by atoms with Crippen LogP contribution in [0.3, 0.4) is 0 Å². The standard InChI is InChI=1S/C16H24ClN/c1-3-4-10-18(2)12-16(17)15-9-8-13-6-5-7-14(13)11-15/h8-9,11,16H,3-7,10,12H2,1-2H3. The number of fused-ring (bicyclic) bond motifs is 1. The third-order valence-corrected chi connectivity index (χ3v) is 4.24. The molecule has 1 atom stereocenters. The van der Waals surface area contributed by atoms with Crippen molar-refractivity contribution in [2.45, 2.75) is 44.4 Å². The molecule has 0 N–H and O–H groups in total. The number of aryl methyl sites for hydroxylation is 2. The van der Waals surface area contributed by atoms with Gasteiger partial charge in [-0.05, 0) is 56.0 Å². The van der Waals surface area contributed by atoms with Gasteiger partial charge in [0, 0.05) is 6.54 Å². The monoisotopic (exact) mass is 265 g/mol. The summed E-state index contributed by atoms with van der Waals surface area (Å²) in [7, 11) is 2.17. The van der Waals surface area contributed by atoms with Crippen LogP contribution in [0.15, 0.2) is 18.2 Å². The molecular weight excluding hydrogens is 242 g/mol. The predicted octanol–water partition coefficient (Wildman–Crippen LogP) is 4.19. The molecule has 0 spiro atoms. The van der Waals surface area contributed by atoms with Gasteiger partial charge in [-0.1, -0.05) is 31.5 Å². The van der Waals surface area contributed by atoms with E-state index in [9.17, 15) is 0 Å². The van der Waals surface area contributed by atoms with Crippen LogP contribution in [-0.4, -0.2) is 25.0 Å². The number of alkyl halides is 1. The molecule has 0 aromatic heterocycles. The van der Waals surface area contributed by atoms with Crippen LogP contribution in [0.4, 0.5) is 0 Å². The number of nitrogens with zero attached hydrogens (tertiary/aromatic N) is 1. The third-order valence-electron chi connectivity index (χ3n) is 3.85. The first kappa shape index (κ1) is 13.9. The van der Waals surface area contributed by atoms with Gasteiger partial charge in [0.15, 0.2) is 0 Å². The van der Waals surface area contributed by atoms with Crippen LogP contribution in [0.1, 0.15) is 48.3 Å². The molecule has 1 aliphatic rings. The van der Waals surface area contributed by atoms with Crippen LogP contribution < -0.4 is 0 Å². The van der Waals surface area contributed by atoms with Crippen molar-refractivity contribution in [1.82, 2.24) is 4.90 Å². The van der Waals surface area contributed by atoms with Crippen molar-refractivity contribution in [1.29, 1.82) is 0 Å². The van der Waals surface area contributed by atoms with Crippen LogP contribution >= 0.6 is 11.6 Å². The fourth-order valence-corrected chi connectivity index (χ4v) is 3.06. The van der Waals surface area contributed by atoms with Gasteiger partial charge in [0.1, 0.15) is 0 Å². The van der Waals surface area contributed by atoms with Crippen molar-refractivity contribution < 1.29 is 0 Å². The average Bonchev–Trinajstić information content (AvgIpc) is 2.83. The lowest BCUT2D eigenvalue weighted by atomic mass is 10.0. The Bertz CT molecular complexity index is 389. The highest BCUT2D eigenvalue weighted by molar-refractivity contribution is 6.21. The Balaban J connectivity index is 1.94. The molecule has 0 heterocycles. The number of likely N-dealkylation sites (N-methyl/N-ethyl adjacent to an activating group) is 1. The molecule has 1 unspecified atom stereocenters. The lowest BCUT2D eigenvalue weighted by Gasteiger charge is -2.20. The fourth-order valence-electron chi connectivity index (χ4n) is 2.68. The summed E-state index contributed by atoms with van der Waals surface area (Å²) in [5.74, 6) is 0. The minimum absolute atomic E-state index is 0.123. The Hall–Kier alpha value is -0.530. The summed E-state index contributed by atoms with van der Waals surface area (Å²) in [6, 6.07) is 6.82. The molecule has 0 aliphatic heterocycles. The van der Waals surface area contributed by atoms with E-state index in [2.05, 4.69) is 37.1 Å². The van der Waals surface area contributed by atoms with E-state index in [0.717, 1.165) is 13.1 Å². The quantitative estimate of drug-likeness (QED) is 0.698. The number of rotatable bonds is 6. The SMILES string of the molecule is CCCCN(C)CC(Cl)c1ccc2c(c1)CCC2. The van der Waals surface area contributed by atoms with Gasteiger partial charge < -0.3 is 4.90 Å². The van der Waals surface area contributed by atoms with Gasteiger partial charge in [0.2, 0.25) is 0 Å². The van der Waals surface area contributed by atoms with E-state index in [1.54, 1.807) is 0 Å². The Morgan fingerprint density at radius 3 is 2.83 bits per heavy atom. The van der Waals surface area contributed by atoms with Crippen LogP contribution in [0, 0.1) is 0 Å². The smallest absolute Gasteiger partial charge is 0.0712 e. The zero-order chi connectivity index (χ0) is 13.0. The molecule has 0 saturated carbocycles. The largest absolute Gasteiger partial charge is 0.305 e. The highest BCUT2D eigenvalue weighted by Crippen LogP contribution is 2.28. The van der Waals surface area contributed by atoms with Gasteiger partial charge in [0.05, 0.1) is 5.38 Å². The van der Waals surface area contributed by atoms with Crippen LogP contribution in [0.2, 0.25) is 0 Å². The van der Waals surface area contributed by atoms with E-state index in [4.69, 9.17) is 11.6 Å². The summed E-state index contributed by atoms with van der Waals surface area (Å²) in [4.78, 5) is 2.34. The lowest BCUT2D eigenvalue weighted by molar-refractivity contribution is 0.328. The fraction of sp³-hybridized carbons (Fsp3) is 0.625. The van der Waals surface area contributed by atoms with Crippen molar-refractivity contribution in [3.63, 3.8) is 0 Å². The summed E-state index contributed by atoms with van der Waals surface area (Å²) >= 11 is 6.54. The number of halogens is 1. The molecule has 0 bridgehead atoms. The van der Waals surface area contributed by atoms with Gasteiger partial charge in [-0.25, -0.2) is 0 Å². The van der Waals surface area contributed by atoms with Crippen molar-refractivity contribution in [2.75, 3.05) is 20.1 Å². The molecule has 2 rings (SSSR count). The lowest BCUT2D eigenvalue weighted by Crippen LogP contribution is -2.23. The first-order valence-electron chi connectivity index (χ1n) is 7.15. The normalized spacial score (nSPS) is 16.0. The summed E-state index contributed by atoms with van der Waals surface area (Å²) < 4.78 is 0. The topological polar surface area (TPSA) is 3.24 Å². The zero-order valence-electron chi connectivity index (χ0n) is 11.6. The Morgan fingerprint density at radius 1 is 1.28 bits per heavy atom. The van der Waals surface area contributed by atoms with E-state index in [1.807, 2.05) is 0 Å². The first-order valence-corrected chi connectivity index (χ1v) is 7.58. The molecule has 1 aromatic rings. The van der Waals surface area contributed by atoms with E-state index >= 15 is 0 Å². The minimum Gasteiger partial charge on any atom is -0.305 e. The van der Waals surface area contributed by atoms with Gasteiger partial charge in [-0.2, -0.15) is 0 Å². The zero-order valence-corrected chi connectivity index (χ0v) is 12.3. The molecule has 100 valence electrons. The van der Waals surface area contributed by atoms with Crippen molar-refractivity contribution in [3.05, 3.63) is 34.9 Å². The average molecular weight is 266 g/mol. The first-order chi connectivity index (χ1) is 8.70. The number of unbranched alkanes of at least 4 members (excludes halogenated alkanes) is 1. The summed E-state index contributed by atoms with van der Waals surface area (Å²) in [6.45, 7) is 4.32. The highest BCUT2D eigenvalue weighted by Gasteiger charge is 2.15. The molecule has 18 heavy (non-hydrogen) atoms. The maximum Gasteiger partial charge on any atom is 0.0712 e. The van der Waals surface area contributed by atoms with Crippen LogP contribution in [0.25, 0.3) is 0 Å². The minimum atomic E-state index is 0.123. The van der Waals surface area contributed by atoms with Crippen molar-refractivity contribution in [2.24, 2.45) is 0 Å². The number of hydrogen-bond acceptors (Lipinski definition) is 1. The molecule has 1 nitrogen and oxygen atoms in total. The van der Waals surface area contributed by atoms with Gasteiger partial charge in [0.25, 0.3) is 0 Å². The maximum atomic E-state index is 6.54. The second-order valence-electron chi connectivity index (χ2n) is 5.47. The summed E-state index contributed by atoms with van der Waals surface area (Å²) in [5, 5.41) is 0.123. The Labute approximate surface area is 116 Å². The molecule has 1 aliphatic carbocycles. The van der Waals surface area contributed by atoms with Crippen molar-refractivity contribution in [3.8, 4) is 0 Å². The van der Waals surface area contributed by atoms with E-state index < -0.39 is 0 Å². The van der Waals surface area contributed by atoms with E-state index in [-0.39, 0.29) is 5.38 Å². The van der Waals surface area contributed by atoms with Crippen LogP contribution in [-0.2, 0) is 12.8 Å². The Kier molecular flexibility index (Phi) is 5.08. The molecule has 0 fully saturated rings. The Morgan fingerprint density at radius 2 is 2.06 bits per heavy atom. The molecule has 0 radical (unpaired) electrons. The summed E-state index contributed by atoms with van der Waals surface area (Å²) in [5.41, 5.74) is 4.34. The van der Waals surface area contributed by atoms with Gasteiger partial charge in [-0.15, -0.1) is 11.6 Å². The van der Waals surface area contributed by atoms with Gasteiger partial charge >= 0.3 is 0 Å². The molecular formula is C16H24ClN. The number of benzene rings is 1. The van der Waals surface area contributed by atoms with E-state index in [1.165, 1.54) is 48.8 Å². The second-order valence-corrected chi connectivity index (χ2v) is 5.99. The predicted molar refractivity (Wildman–Crippen MR) is 79.5 cm³/mol. The maximum absolute atomic E-state index is 6.54. The van der Waals surface area contributed by atoms with Crippen LogP contribution in [0.5, 0.6) is 0 Å². The molecule has 0 saturated heterocycles. The summed E-state index contributed by atoms with van der Waals surface area (Å²) in [6.07, 6.45) is 6.29. The number of hydrogen-bond donors (Lipinski definition) is 0. The van der Waals surface area contributed by atoms with E-state index in [0.29, 0.717) is 0 Å². The van der Waals surface area contributed by atoms with Gasteiger partial charge in [-0.3, -0.25) is 0 Å². The second kappa shape index (κ2) is 6.58.